The fraction of sp³-hybridized carbons (Fsp3) is 0.391. The van der Waals surface area contributed by atoms with Gasteiger partial charge in [0, 0.05) is 29.9 Å². The van der Waals surface area contributed by atoms with E-state index < -0.39 is 4.92 Å². The molecule has 1 heterocycles. The van der Waals surface area contributed by atoms with Gasteiger partial charge in [0.15, 0.2) is 0 Å². The predicted octanol–water partition coefficient (Wildman–Crippen LogP) is 3.96. The highest BCUT2D eigenvalue weighted by molar-refractivity contribution is 5.98. The van der Waals surface area contributed by atoms with Crippen LogP contribution in [0.3, 0.4) is 0 Å². The smallest absolute Gasteiger partial charge is 0.269 e. The Morgan fingerprint density at radius 1 is 1.20 bits per heavy atom. The molecule has 30 heavy (non-hydrogen) atoms. The molecule has 0 bridgehead atoms. The van der Waals surface area contributed by atoms with Gasteiger partial charge in [-0.15, -0.1) is 0 Å². The molecule has 1 aliphatic rings. The molecule has 0 saturated heterocycles. The lowest BCUT2D eigenvalue weighted by molar-refractivity contribution is -0.384. The van der Waals surface area contributed by atoms with Crippen LogP contribution in [0, 0.1) is 10.1 Å². The summed E-state index contributed by atoms with van der Waals surface area (Å²) in [6, 6.07) is 13.5. The molecule has 0 spiro atoms. The van der Waals surface area contributed by atoms with Gasteiger partial charge in [-0.3, -0.25) is 19.7 Å². The number of nitro benzene ring substituents is 1. The third-order valence-corrected chi connectivity index (χ3v) is 5.68. The first-order valence-corrected chi connectivity index (χ1v) is 10.3. The fourth-order valence-corrected chi connectivity index (χ4v) is 3.88. The number of benzene rings is 2. The minimum atomic E-state index is -0.459. The van der Waals surface area contributed by atoms with Crippen molar-refractivity contribution in [1.82, 2.24) is 5.32 Å². The van der Waals surface area contributed by atoms with E-state index in [4.69, 9.17) is 0 Å². The summed E-state index contributed by atoms with van der Waals surface area (Å²) in [4.78, 5) is 38.1. The van der Waals surface area contributed by atoms with Crippen LogP contribution < -0.4 is 10.2 Å². The number of nitro groups is 1. The number of amides is 2. The highest BCUT2D eigenvalue weighted by Gasteiger charge is 2.36. The summed E-state index contributed by atoms with van der Waals surface area (Å²) in [6.45, 7) is 5.96. The number of nitrogens with one attached hydrogen (secondary N) is 1. The molecule has 0 saturated carbocycles. The minimum Gasteiger partial charge on any atom is -0.353 e. The molecule has 0 unspecified atom stereocenters. The highest BCUT2D eigenvalue weighted by Crippen LogP contribution is 2.39. The molecule has 2 amide bonds. The van der Waals surface area contributed by atoms with Gasteiger partial charge in [0.25, 0.3) is 5.69 Å². The van der Waals surface area contributed by atoms with Gasteiger partial charge in [0.05, 0.1) is 17.3 Å². The van der Waals surface area contributed by atoms with E-state index in [0.29, 0.717) is 12.0 Å². The topological polar surface area (TPSA) is 92.6 Å². The van der Waals surface area contributed by atoms with Gasteiger partial charge >= 0.3 is 0 Å². The summed E-state index contributed by atoms with van der Waals surface area (Å²) in [7, 11) is 0. The summed E-state index contributed by atoms with van der Waals surface area (Å²) >= 11 is 0. The Balaban J connectivity index is 1.84. The average molecular weight is 409 g/mol. The van der Waals surface area contributed by atoms with E-state index in [1.807, 2.05) is 45.0 Å². The maximum Gasteiger partial charge on any atom is 0.269 e. The van der Waals surface area contributed by atoms with E-state index in [-0.39, 0.29) is 41.9 Å². The van der Waals surface area contributed by atoms with Crippen molar-refractivity contribution in [3.8, 4) is 0 Å². The molecular weight excluding hydrogens is 382 g/mol. The first-order valence-electron chi connectivity index (χ1n) is 10.3. The standard InChI is InChI=1S/C23H27N3O4/c1-4-15(2)24-23(28)20-13-16(3)25(21-8-6-5-7-19(20)21)22(27)14-17-9-11-18(12-10-17)26(29)30/h5-12,15-16,20H,4,13-14H2,1-3H3,(H,24,28)/t15-,16+,20+/m1/s1. The number of hydrogen-bond acceptors (Lipinski definition) is 4. The summed E-state index contributed by atoms with van der Waals surface area (Å²) in [5.41, 5.74) is 2.32. The maximum atomic E-state index is 13.2. The van der Waals surface area contributed by atoms with Crippen molar-refractivity contribution in [1.29, 1.82) is 0 Å². The van der Waals surface area contributed by atoms with Crippen LogP contribution in [0.1, 0.15) is 50.7 Å². The molecule has 0 radical (unpaired) electrons. The van der Waals surface area contributed by atoms with Crippen molar-refractivity contribution in [2.45, 2.75) is 58.0 Å². The van der Waals surface area contributed by atoms with E-state index in [2.05, 4.69) is 5.32 Å². The number of carbonyl (C=O) groups excluding carboxylic acids is 2. The SMILES string of the molecule is CC[C@@H](C)NC(=O)[C@H]1C[C@H](C)N(C(=O)Cc2ccc([N+](=O)[O-])cc2)c2ccccc21. The van der Waals surface area contributed by atoms with Crippen LogP contribution in [-0.4, -0.2) is 28.8 Å². The fourth-order valence-electron chi connectivity index (χ4n) is 3.88. The molecule has 7 nitrogen and oxygen atoms in total. The summed E-state index contributed by atoms with van der Waals surface area (Å²) in [5.74, 6) is -0.399. The van der Waals surface area contributed by atoms with Gasteiger partial charge in [-0.1, -0.05) is 37.3 Å². The summed E-state index contributed by atoms with van der Waals surface area (Å²) < 4.78 is 0. The maximum absolute atomic E-state index is 13.2. The van der Waals surface area contributed by atoms with Crippen molar-refractivity contribution < 1.29 is 14.5 Å². The Morgan fingerprint density at radius 2 is 1.87 bits per heavy atom. The highest BCUT2D eigenvalue weighted by atomic mass is 16.6. The quantitative estimate of drug-likeness (QED) is 0.577. The molecule has 3 rings (SSSR count). The van der Waals surface area contributed by atoms with E-state index in [1.165, 1.54) is 12.1 Å². The lowest BCUT2D eigenvalue weighted by Crippen LogP contribution is -2.47. The number of carbonyl (C=O) groups is 2. The molecule has 1 N–H and O–H groups in total. The van der Waals surface area contributed by atoms with Crippen LogP contribution in [0.5, 0.6) is 0 Å². The number of non-ortho nitro benzene ring substituents is 1. The van der Waals surface area contributed by atoms with Crippen molar-refractivity contribution >= 4 is 23.2 Å². The predicted molar refractivity (Wildman–Crippen MR) is 115 cm³/mol. The monoisotopic (exact) mass is 409 g/mol. The van der Waals surface area contributed by atoms with E-state index in [0.717, 1.165) is 17.7 Å². The zero-order valence-electron chi connectivity index (χ0n) is 17.5. The molecule has 7 heteroatoms. The molecule has 0 aromatic heterocycles. The van der Waals surface area contributed by atoms with E-state index in [1.54, 1.807) is 17.0 Å². The molecule has 0 fully saturated rings. The van der Waals surface area contributed by atoms with Crippen molar-refractivity contribution in [3.05, 3.63) is 69.8 Å². The number of para-hydroxylation sites is 1. The second-order valence-corrected chi connectivity index (χ2v) is 7.88. The first kappa shape index (κ1) is 21.5. The van der Waals surface area contributed by atoms with Gasteiger partial charge in [-0.2, -0.15) is 0 Å². The van der Waals surface area contributed by atoms with Gasteiger partial charge in [-0.25, -0.2) is 0 Å². The van der Waals surface area contributed by atoms with Crippen molar-refractivity contribution in [2.75, 3.05) is 4.90 Å². The average Bonchev–Trinajstić information content (AvgIpc) is 2.73. The van der Waals surface area contributed by atoms with Crippen LogP contribution in [0.15, 0.2) is 48.5 Å². The van der Waals surface area contributed by atoms with Crippen LogP contribution in [0.2, 0.25) is 0 Å². The molecule has 1 aliphatic heterocycles. The number of nitrogens with zero attached hydrogens (tertiary/aromatic N) is 2. The molecule has 0 aliphatic carbocycles. The Bertz CT molecular complexity index is 942. The van der Waals surface area contributed by atoms with E-state index >= 15 is 0 Å². The summed E-state index contributed by atoms with van der Waals surface area (Å²) in [5, 5.41) is 13.9. The van der Waals surface area contributed by atoms with Crippen LogP contribution in [0.25, 0.3) is 0 Å². The van der Waals surface area contributed by atoms with Gasteiger partial charge < -0.3 is 10.2 Å². The second kappa shape index (κ2) is 9.07. The lowest BCUT2D eigenvalue weighted by Gasteiger charge is -2.39. The Morgan fingerprint density at radius 3 is 2.50 bits per heavy atom. The third-order valence-electron chi connectivity index (χ3n) is 5.68. The molecule has 2 aromatic carbocycles. The van der Waals surface area contributed by atoms with Gasteiger partial charge in [0.2, 0.25) is 11.8 Å². The molecule has 3 atom stereocenters. The number of hydrogen-bond donors (Lipinski definition) is 1. The zero-order valence-corrected chi connectivity index (χ0v) is 17.5. The lowest BCUT2D eigenvalue weighted by atomic mass is 9.85. The number of rotatable bonds is 6. The molecule has 2 aromatic rings. The van der Waals surface area contributed by atoms with Gasteiger partial charge in [-0.05, 0) is 43.9 Å². The van der Waals surface area contributed by atoms with Crippen LogP contribution in [-0.2, 0) is 16.0 Å². The molecule has 158 valence electrons. The van der Waals surface area contributed by atoms with Crippen molar-refractivity contribution in [3.63, 3.8) is 0 Å². The number of fused-ring (bicyclic) bond motifs is 1. The first-order chi connectivity index (χ1) is 14.3. The van der Waals surface area contributed by atoms with Crippen LogP contribution in [0.4, 0.5) is 11.4 Å². The third kappa shape index (κ3) is 4.50. The summed E-state index contributed by atoms with van der Waals surface area (Å²) in [6.07, 6.45) is 1.54. The second-order valence-electron chi connectivity index (χ2n) is 7.88. The Hall–Kier alpha value is -3.22. The van der Waals surface area contributed by atoms with Gasteiger partial charge in [0.1, 0.15) is 0 Å². The minimum absolute atomic E-state index is 0.00181. The van der Waals surface area contributed by atoms with Crippen molar-refractivity contribution in [2.24, 2.45) is 0 Å². The number of anilines is 1. The van der Waals surface area contributed by atoms with E-state index in [9.17, 15) is 19.7 Å². The molecular formula is C23H27N3O4. The van der Waals surface area contributed by atoms with Crippen LogP contribution >= 0.6 is 0 Å². The normalized spacial score (nSPS) is 19.0. The Kier molecular flexibility index (Phi) is 6.50. The Labute approximate surface area is 176 Å². The largest absolute Gasteiger partial charge is 0.353 e. The zero-order chi connectivity index (χ0) is 21.8.